The molecule has 5 nitrogen and oxygen atoms in total. The maximum Gasteiger partial charge on any atom is 0.357 e. The van der Waals surface area contributed by atoms with Crippen molar-refractivity contribution in [1.82, 2.24) is 4.98 Å². The standard InChI is InChI=1S/C12H11ClN2O3S/c1-17-10-4-3-7(5-8(10)13)14-12-15-9(6-19-12)11(16)18-2/h3-6H,1-2H3,(H,14,15). The van der Waals surface area contributed by atoms with E-state index in [-0.39, 0.29) is 5.69 Å². The first-order chi connectivity index (χ1) is 9.13. The first kappa shape index (κ1) is 13.6. The maximum atomic E-state index is 11.3. The number of anilines is 2. The second-order valence-electron chi connectivity index (χ2n) is 3.50. The van der Waals surface area contributed by atoms with Crippen LogP contribution in [-0.4, -0.2) is 25.2 Å². The Bertz CT molecular complexity index is 600. The lowest BCUT2D eigenvalue weighted by atomic mass is 10.3. The van der Waals surface area contributed by atoms with E-state index in [2.05, 4.69) is 15.0 Å². The Balaban J connectivity index is 2.15. The fourth-order valence-electron chi connectivity index (χ4n) is 1.40. The number of benzene rings is 1. The fraction of sp³-hybridized carbons (Fsp3) is 0.167. The molecule has 0 radical (unpaired) electrons. The Hall–Kier alpha value is -1.79. The monoisotopic (exact) mass is 298 g/mol. The van der Waals surface area contributed by atoms with Crippen LogP contribution in [0.5, 0.6) is 5.75 Å². The van der Waals surface area contributed by atoms with Crippen LogP contribution >= 0.6 is 22.9 Å². The van der Waals surface area contributed by atoms with Gasteiger partial charge in [-0.2, -0.15) is 0 Å². The summed E-state index contributed by atoms with van der Waals surface area (Å²) in [5.41, 5.74) is 1.03. The summed E-state index contributed by atoms with van der Waals surface area (Å²) >= 11 is 7.32. The van der Waals surface area contributed by atoms with Crippen molar-refractivity contribution in [1.29, 1.82) is 0 Å². The van der Waals surface area contributed by atoms with Gasteiger partial charge in [0.05, 0.1) is 19.2 Å². The van der Waals surface area contributed by atoms with Gasteiger partial charge in [0, 0.05) is 11.1 Å². The number of methoxy groups -OCH3 is 2. The number of esters is 1. The van der Waals surface area contributed by atoms with Crippen LogP contribution in [-0.2, 0) is 4.74 Å². The van der Waals surface area contributed by atoms with E-state index in [0.29, 0.717) is 15.9 Å². The normalized spacial score (nSPS) is 10.1. The van der Waals surface area contributed by atoms with Crippen LogP contribution < -0.4 is 10.1 Å². The van der Waals surface area contributed by atoms with Crippen LogP contribution in [0.25, 0.3) is 0 Å². The van der Waals surface area contributed by atoms with Gasteiger partial charge >= 0.3 is 5.97 Å². The van der Waals surface area contributed by atoms with E-state index >= 15 is 0 Å². The summed E-state index contributed by atoms with van der Waals surface area (Å²) in [5, 5.41) is 5.76. The van der Waals surface area contributed by atoms with Gasteiger partial charge in [-0.3, -0.25) is 0 Å². The predicted molar refractivity (Wildman–Crippen MR) is 74.7 cm³/mol. The minimum atomic E-state index is -0.461. The molecule has 19 heavy (non-hydrogen) atoms. The summed E-state index contributed by atoms with van der Waals surface area (Å²) in [4.78, 5) is 15.4. The van der Waals surface area contributed by atoms with Gasteiger partial charge in [0.25, 0.3) is 0 Å². The van der Waals surface area contributed by atoms with Gasteiger partial charge in [-0.25, -0.2) is 9.78 Å². The first-order valence-corrected chi connectivity index (χ1v) is 6.54. The van der Waals surface area contributed by atoms with E-state index < -0.39 is 5.97 Å². The predicted octanol–water partition coefficient (Wildman–Crippen LogP) is 3.34. The SMILES string of the molecule is COC(=O)c1csc(Nc2ccc(OC)c(Cl)c2)n1. The molecule has 0 aliphatic heterocycles. The number of nitrogens with one attached hydrogen (secondary N) is 1. The van der Waals surface area contributed by atoms with Crippen LogP contribution in [0.3, 0.4) is 0 Å². The molecule has 0 bridgehead atoms. The molecule has 0 saturated heterocycles. The van der Waals surface area contributed by atoms with Crippen molar-refractivity contribution >= 4 is 39.7 Å². The second-order valence-corrected chi connectivity index (χ2v) is 4.77. The van der Waals surface area contributed by atoms with Gasteiger partial charge in [-0.05, 0) is 18.2 Å². The van der Waals surface area contributed by atoms with Crippen LogP contribution in [0.4, 0.5) is 10.8 Å². The largest absolute Gasteiger partial charge is 0.495 e. The van der Waals surface area contributed by atoms with Crippen molar-refractivity contribution in [3.8, 4) is 5.75 Å². The zero-order valence-electron chi connectivity index (χ0n) is 10.3. The number of aromatic nitrogens is 1. The van der Waals surface area contributed by atoms with E-state index in [4.69, 9.17) is 16.3 Å². The highest BCUT2D eigenvalue weighted by Crippen LogP contribution is 2.29. The lowest BCUT2D eigenvalue weighted by Gasteiger charge is -2.06. The molecule has 0 unspecified atom stereocenters. The first-order valence-electron chi connectivity index (χ1n) is 5.28. The Morgan fingerprint density at radius 2 is 2.21 bits per heavy atom. The van der Waals surface area contributed by atoms with E-state index in [9.17, 15) is 4.79 Å². The Kier molecular flexibility index (Phi) is 4.24. The number of ether oxygens (including phenoxy) is 2. The van der Waals surface area contributed by atoms with Crippen molar-refractivity contribution < 1.29 is 14.3 Å². The van der Waals surface area contributed by atoms with Crippen molar-refractivity contribution in [2.75, 3.05) is 19.5 Å². The molecule has 2 rings (SSSR count). The summed E-state index contributed by atoms with van der Waals surface area (Å²) in [6.07, 6.45) is 0. The summed E-state index contributed by atoms with van der Waals surface area (Å²) in [6, 6.07) is 5.28. The Labute approximate surface area is 119 Å². The highest BCUT2D eigenvalue weighted by Gasteiger charge is 2.11. The minimum Gasteiger partial charge on any atom is -0.495 e. The summed E-state index contributed by atoms with van der Waals surface area (Å²) in [5.74, 6) is 0.138. The molecular formula is C12H11ClN2O3S. The maximum absolute atomic E-state index is 11.3. The number of halogens is 1. The number of hydrogen-bond donors (Lipinski definition) is 1. The molecule has 0 fully saturated rings. The van der Waals surface area contributed by atoms with Gasteiger partial charge < -0.3 is 14.8 Å². The van der Waals surface area contributed by atoms with Crippen molar-refractivity contribution in [3.63, 3.8) is 0 Å². The lowest BCUT2D eigenvalue weighted by molar-refractivity contribution is 0.0595. The molecule has 1 N–H and O–H groups in total. The molecule has 100 valence electrons. The molecule has 1 aromatic heterocycles. The van der Waals surface area contributed by atoms with E-state index in [1.165, 1.54) is 18.4 Å². The highest BCUT2D eigenvalue weighted by molar-refractivity contribution is 7.14. The molecule has 2 aromatic rings. The zero-order chi connectivity index (χ0) is 13.8. The molecule has 1 aromatic carbocycles. The van der Waals surface area contributed by atoms with E-state index in [1.54, 1.807) is 24.6 Å². The van der Waals surface area contributed by atoms with Crippen LogP contribution in [0.1, 0.15) is 10.5 Å². The van der Waals surface area contributed by atoms with Crippen LogP contribution in [0, 0.1) is 0 Å². The van der Waals surface area contributed by atoms with Crippen molar-refractivity contribution in [2.24, 2.45) is 0 Å². The average molecular weight is 299 g/mol. The van der Waals surface area contributed by atoms with Gasteiger partial charge in [-0.15, -0.1) is 11.3 Å². The minimum absolute atomic E-state index is 0.273. The molecule has 0 aliphatic rings. The third kappa shape index (κ3) is 3.15. The number of rotatable bonds is 4. The zero-order valence-corrected chi connectivity index (χ0v) is 11.8. The van der Waals surface area contributed by atoms with Gasteiger partial charge in [0.1, 0.15) is 5.75 Å². The van der Waals surface area contributed by atoms with Gasteiger partial charge in [0.15, 0.2) is 10.8 Å². The van der Waals surface area contributed by atoms with E-state index in [1.807, 2.05) is 6.07 Å². The third-order valence-electron chi connectivity index (χ3n) is 2.30. The number of nitrogens with zero attached hydrogens (tertiary/aromatic N) is 1. The number of carbonyl (C=O) groups is 1. The smallest absolute Gasteiger partial charge is 0.357 e. The molecule has 1 heterocycles. The topological polar surface area (TPSA) is 60.5 Å². The summed E-state index contributed by atoms with van der Waals surface area (Å²) < 4.78 is 9.66. The molecular weight excluding hydrogens is 288 g/mol. The van der Waals surface area contributed by atoms with Crippen LogP contribution in [0.2, 0.25) is 5.02 Å². The quantitative estimate of drug-likeness (QED) is 0.877. The summed E-state index contributed by atoms with van der Waals surface area (Å²) in [6.45, 7) is 0. The average Bonchev–Trinajstić information content (AvgIpc) is 2.86. The number of hydrogen-bond acceptors (Lipinski definition) is 6. The molecule has 7 heteroatoms. The van der Waals surface area contributed by atoms with Crippen molar-refractivity contribution in [3.05, 3.63) is 34.3 Å². The van der Waals surface area contributed by atoms with E-state index in [0.717, 1.165) is 5.69 Å². The van der Waals surface area contributed by atoms with Gasteiger partial charge in [-0.1, -0.05) is 11.6 Å². The highest BCUT2D eigenvalue weighted by atomic mass is 35.5. The fourth-order valence-corrected chi connectivity index (χ4v) is 2.35. The number of carbonyl (C=O) groups excluding carboxylic acids is 1. The summed E-state index contributed by atoms with van der Waals surface area (Å²) in [7, 11) is 2.87. The number of thiazole rings is 1. The Morgan fingerprint density at radius 1 is 1.42 bits per heavy atom. The Morgan fingerprint density at radius 3 is 2.84 bits per heavy atom. The van der Waals surface area contributed by atoms with Gasteiger partial charge in [0.2, 0.25) is 0 Å². The van der Waals surface area contributed by atoms with Crippen molar-refractivity contribution in [2.45, 2.75) is 0 Å². The second kappa shape index (κ2) is 5.90. The lowest BCUT2D eigenvalue weighted by Crippen LogP contribution is -2.01. The molecule has 0 spiro atoms. The molecule has 0 saturated carbocycles. The van der Waals surface area contributed by atoms with Crippen LogP contribution in [0.15, 0.2) is 23.6 Å². The third-order valence-corrected chi connectivity index (χ3v) is 3.35. The molecule has 0 atom stereocenters. The molecule has 0 aliphatic carbocycles. The molecule has 0 amide bonds.